The summed E-state index contributed by atoms with van der Waals surface area (Å²) in [5.41, 5.74) is 5.54. The average Bonchev–Trinajstić information content (AvgIpc) is 2.67. The third-order valence-corrected chi connectivity index (χ3v) is 5.11. The van der Waals surface area contributed by atoms with Crippen molar-refractivity contribution in [2.75, 3.05) is 26.4 Å². The van der Waals surface area contributed by atoms with Crippen LogP contribution >= 0.6 is 23.1 Å². The van der Waals surface area contributed by atoms with Gasteiger partial charge in [0.25, 0.3) is 11.5 Å². The lowest BCUT2D eigenvalue weighted by Gasteiger charge is -2.08. The van der Waals surface area contributed by atoms with E-state index in [0.717, 1.165) is 18.4 Å². The summed E-state index contributed by atoms with van der Waals surface area (Å²) >= 11 is 2.75. The fourth-order valence-corrected chi connectivity index (χ4v) is 4.34. The lowest BCUT2D eigenvalue weighted by Crippen LogP contribution is -2.15. The molecule has 0 unspecified atom stereocenters. The quantitative estimate of drug-likeness (QED) is 0.717. The predicted octanol–water partition coefficient (Wildman–Crippen LogP) is 1.05. The molecule has 2 heterocycles. The van der Waals surface area contributed by atoms with E-state index in [2.05, 4.69) is 4.98 Å². The Bertz CT molecular complexity index is 706. The molecule has 0 aliphatic carbocycles. The second kappa shape index (κ2) is 5.86. The Hall–Kier alpha value is -1.51. The van der Waals surface area contributed by atoms with Crippen LogP contribution in [0.1, 0.15) is 10.4 Å². The smallest absolute Gasteiger partial charge is 0.252 e. The Morgan fingerprint density at radius 2 is 2.25 bits per heavy atom. The maximum atomic E-state index is 11.6. The van der Waals surface area contributed by atoms with Crippen LogP contribution in [0, 0.1) is 0 Å². The number of nitrogens with two attached hydrogens (primary N) is 1. The van der Waals surface area contributed by atoms with E-state index in [4.69, 9.17) is 5.73 Å². The molecule has 2 rings (SSSR count). The fourth-order valence-electron chi connectivity index (χ4n) is 1.71. The molecule has 0 atom stereocenters. The number of pyridine rings is 1. The summed E-state index contributed by atoms with van der Waals surface area (Å²) < 4.78 is 1.19. The monoisotopic (exact) mass is 313 g/mol. The van der Waals surface area contributed by atoms with Gasteiger partial charge in [-0.1, -0.05) is 0 Å². The van der Waals surface area contributed by atoms with E-state index >= 15 is 0 Å². The summed E-state index contributed by atoms with van der Waals surface area (Å²) in [6.07, 6.45) is 0. The van der Waals surface area contributed by atoms with Gasteiger partial charge in [0.1, 0.15) is 5.75 Å². The Morgan fingerprint density at radius 3 is 2.85 bits per heavy atom. The number of aromatic hydroxyl groups is 1. The van der Waals surface area contributed by atoms with E-state index in [0.29, 0.717) is 14.4 Å². The van der Waals surface area contributed by atoms with Crippen LogP contribution < -0.4 is 11.3 Å². The lowest BCUT2D eigenvalue weighted by molar-refractivity contribution is 0.0999. The molecule has 0 bridgehead atoms. The molecule has 0 radical (unpaired) electrons. The molecule has 4 N–H and O–H groups in total. The van der Waals surface area contributed by atoms with Crippen molar-refractivity contribution in [1.82, 2.24) is 9.88 Å². The van der Waals surface area contributed by atoms with Gasteiger partial charge in [0.15, 0.2) is 0 Å². The first-order chi connectivity index (χ1) is 9.40. The van der Waals surface area contributed by atoms with E-state index in [1.807, 2.05) is 19.0 Å². The highest BCUT2D eigenvalue weighted by Gasteiger charge is 2.20. The molecule has 2 aromatic rings. The molecule has 1 amide bonds. The second-order valence-electron chi connectivity index (χ2n) is 4.50. The molecule has 0 aliphatic rings. The Balaban J connectivity index is 2.48. The Labute approximate surface area is 123 Å². The first-order valence-electron chi connectivity index (χ1n) is 5.86. The predicted molar refractivity (Wildman–Crippen MR) is 81.9 cm³/mol. The number of hydrogen-bond acceptors (Lipinski definition) is 6. The maximum absolute atomic E-state index is 11.6. The van der Waals surface area contributed by atoms with Gasteiger partial charge < -0.3 is 20.7 Å². The number of nitrogens with zero attached hydrogens (tertiary/aromatic N) is 1. The summed E-state index contributed by atoms with van der Waals surface area (Å²) in [7, 11) is 3.92. The molecule has 0 saturated heterocycles. The minimum atomic E-state index is -0.607. The van der Waals surface area contributed by atoms with Crippen molar-refractivity contribution in [3.8, 4) is 5.75 Å². The second-order valence-corrected chi connectivity index (χ2v) is 6.89. The van der Waals surface area contributed by atoms with Gasteiger partial charge in [-0.3, -0.25) is 9.59 Å². The van der Waals surface area contributed by atoms with Gasteiger partial charge in [0.2, 0.25) is 0 Å². The average molecular weight is 313 g/mol. The van der Waals surface area contributed by atoms with Crippen LogP contribution in [0.2, 0.25) is 0 Å². The molecular formula is C12H15N3O3S2. The van der Waals surface area contributed by atoms with E-state index in [1.165, 1.54) is 23.1 Å². The number of aromatic amines is 1. The molecule has 6 nitrogen and oxygen atoms in total. The summed E-state index contributed by atoms with van der Waals surface area (Å²) in [6, 6.07) is 1.10. The van der Waals surface area contributed by atoms with Crippen LogP contribution in [0.4, 0.5) is 0 Å². The molecule has 0 saturated carbocycles. The Kier molecular flexibility index (Phi) is 4.36. The van der Waals surface area contributed by atoms with Gasteiger partial charge in [0, 0.05) is 18.4 Å². The third-order valence-electron chi connectivity index (χ3n) is 2.64. The lowest BCUT2D eigenvalue weighted by atomic mass is 10.2. The van der Waals surface area contributed by atoms with Gasteiger partial charge in [-0.2, -0.15) is 0 Å². The number of carbonyl (C=O) groups is 1. The first kappa shape index (κ1) is 14.9. The van der Waals surface area contributed by atoms with Crippen LogP contribution in [0.25, 0.3) is 10.2 Å². The molecule has 2 aromatic heterocycles. The Morgan fingerprint density at radius 1 is 1.55 bits per heavy atom. The normalized spacial score (nSPS) is 11.3. The minimum Gasteiger partial charge on any atom is -0.506 e. The van der Waals surface area contributed by atoms with Crippen molar-refractivity contribution in [3.63, 3.8) is 0 Å². The van der Waals surface area contributed by atoms with E-state index in [-0.39, 0.29) is 11.3 Å². The van der Waals surface area contributed by atoms with Crippen LogP contribution in [0.15, 0.2) is 15.1 Å². The standard InChI is InChI=1S/C12H15N3O3S2/c1-15(2)3-4-19-12-8(11(13)18)9-10(20-12)6(16)5-7(17)14-9/h5H,3-4H2,1-2H3,(H2,13,18)(H2,14,16,17). The highest BCUT2D eigenvalue weighted by molar-refractivity contribution is 8.01. The number of H-pyrrole nitrogens is 1. The largest absolute Gasteiger partial charge is 0.506 e. The zero-order valence-electron chi connectivity index (χ0n) is 11.1. The first-order valence-corrected chi connectivity index (χ1v) is 7.66. The number of thioether (sulfide) groups is 1. The van der Waals surface area contributed by atoms with Gasteiger partial charge in [-0.05, 0) is 14.1 Å². The van der Waals surface area contributed by atoms with Crippen LogP contribution in [-0.4, -0.2) is 47.3 Å². The highest BCUT2D eigenvalue weighted by atomic mass is 32.2. The number of thiophene rings is 1. The zero-order valence-corrected chi connectivity index (χ0v) is 12.7. The molecule has 0 spiro atoms. The molecule has 8 heteroatoms. The van der Waals surface area contributed by atoms with Crippen molar-refractivity contribution in [3.05, 3.63) is 22.0 Å². The summed E-state index contributed by atoms with van der Waals surface area (Å²) in [5.74, 6) is 0.0472. The number of hydrogen-bond donors (Lipinski definition) is 3. The molecule has 108 valence electrons. The van der Waals surface area contributed by atoms with Crippen LogP contribution in [0.3, 0.4) is 0 Å². The van der Waals surface area contributed by atoms with Crippen LogP contribution in [0.5, 0.6) is 5.75 Å². The van der Waals surface area contributed by atoms with Crippen molar-refractivity contribution in [1.29, 1.82) is 0 Å². The fraction of sp³-hybridized carbons (Fsp3) is 0.333. The van der Waals surface area contributed by atoms with Crippen molar-refractivity contribution < 1.29 is 9.90 Å². The number of nitrogens with one attached hydrogen (secondary N) is 1. The van der Waals surface area contributed by atoms with Crippen molar-refractivity contribution >= 4 is 39.2 Å². The van der Waals surface area contributed by atoms with Crippen molar-refractivity contribution in [2.24, 2.45) is 5.73 Å². The number of carbonyl (C=O) groups excluding carboxylic acids is 1. The number of rotatable bonds is 5. The molecule has 20 heavy (non-hydrogen) atoms. The third kappa shape index (κ3) is 2.97. The van der Waals surface area contributed by atoms with Gasteiger partial charge in [0.05, 0.1) is 20.0 Å². The number of amides is 1. The van der Waals surface area contributed by atoms with Gasteiger partial charge in [-0.15, -0.1) is 23.1 Å². The van der Waals surface area contributed by atoms with Crippen molar-refractivity contribution in [2.45, 2.75) is 4.21 Å². The molecule has 0 aromatic carbocycles. The highest BCUT2D eigenvalue weighted by Crippen LogP contribution is 2.39. The van der Waals surface area contributed by atoms with E-state index < -0.39 is 11.5 Å². The van der Waals surface area contributed by atoms with Crippen LogP contribution in [-0.2, 0) is 0 Å². The summed E-state index contributed by atoms with van der Waals surface area (Å²) in [4.78, 5) is 27.6. The number of primary amides is 1. The molecular weight excluding hydrogens is 298 g/mol. The molecule has 0 fully saturated rings. The minimum absolute atomic E-state index is 0.129. The summed E-state index contributed by atoms with van der Waals surface area (Å²) in [5, 5.41) is 9.81. The topological polar surface area (TPSA) is 99.4 Å². The van der Waals surface area contributed by atoms with E-state index in [1.54, 1.807) is 0 Å². The maximum Gasteiger partial charge on any atom is 0.252 e. The zero-order chi connectivity index (χ0) is 14.9. The SMILES string of the molecule is CN(C)CCSc1sc2c(O)cc(=O)[nH]c2c1C(N)=O. The number of aromatic nitrogens is 1. The van der Waals surface area contributed by atoms with Gasteiger partial charge in [-0.25, -0.2) is 0 Å². The summed E-state index contributed by atoms with van der Waals surface area (Å²) in [6.45, 7) is 0.847. The number of fused-ring (bicyclic) bond motifs is 1. The van der Waals surface area contributed by atoms with Gasteiger partial charge >= 0.3 is 0 Å². The molecule has 0 aliphatic heterocycles. The van der Waals surface area contributed by atoms with E-state index in [9.17, 15) is 14.7 Å².